The van der Waals surface area contributed by atoms with Crippen molar-refractivity contribution in [3.05, 3.63) is 71.8 Å². The predicted molar refractivity (Wildman–Crippen MR) is 107 cm³/mol. The molecule has 1 saturated heterocycles. The first-order valence-electron chi connectivity index (χ1n) is 9.69. The standard InChI is InChI=1S/C22H28N4/c23-22(25-21-15-20(21)18-9-5-2-6-10-18)24-19-11-13-26(14-12-19)16-17-7-3-1-4-8-17/h1-10,19-21H,11-16H2,(H3,23,24,25). The highest BCUT2D eigenvalue weighted by Gasteiger charge is 2.38. The van der Waals surface area contributed by atoms with Gasteiger partial charge in [0.2, 0.25) is 0 Å². The SMILES string of the molecule is NC(=NC1CC1c1ccccc1)NC1CCN(Cc2ccccc2)CC1. The number of benzene rings is 2. The van der Waals surface area contributed by atoms with Crippen LogP contribution in [0.25, 0.3) is 0 Å². The van der Waals surface area contributed by atoms with Crippen LogP contribution in [0.2, 0.25) is 0 Å². The third kappa shape index (κ3) is 4.44. The van der Waals surface area contributed by atoms with Gasteiger partial charge >= 0.3 is 0 Å². The molecule has 0 bridgehead atoms. The van der Waals surface area contributed by atoms with Gasteiger partial charge in [-0.15, -0.1) is 0 Å². The van der Waals surface area contributed by atoms with Crippen molar-refractivity contribution < 1.29 is 0 Å². The number of nitrogens with two attached hydrogens (primary N) is 1. The third-order valence-electron chi connectivity index (χ3n) is 5.48. The molecule has 0 aromatic heterocycles. The Morgan fingerprint density at radius 1 is 1.00 bits per heavy atom. The number of nitrogens with one attached hydrogen (secondary N) is 1. The van der Waals surface area contributed by atoms with E-state index in [9.17, 15) is 0 Å². The molecule has 2 aliphatic rings. The average molecular weight is 348 g/mol. The fourth-order valence-corrected chi connectivity index (χ4v) is 3.88. The quantitative estimate of drug-likeness (QED) is 0.645. The summed E-state index contributed by atoms with van der Waals surface area (Å²) in [5.41, 5.74) is 8.94. The van der Waals surface area contributed by atoms with E-state index in [1.807, 2.05) is 0 Å². The second-order valence-corrected chi connectivity index (χ2v) is 7.51. The minimum Gasteiger partial charge on any atom is -0.370 e. The van der Waals surface area contributed by atoms with E-state index in [4.69, 9.17) is 10.7 Å². The minimum atomic E-state index is 0.350. The first-order valence-corrected chi connectivity index (χ1v) is 9.69. The first-order chi connectivity index (χ1) is 12.8. The molecule has 1 aliphatic heterocycles. The number of rotatable bonds is 5. The number of likely N-dealkylation sites (tertiary alicyclic amines) is 1. The Hall–Kier alpha value is -2.33. The van der Waals surface area contributed by atoms with E-state index in [1.165, 1.54) is 11.1 Å². The van der Waals surface area contributed by atoms with Crippen molar-refractivity contribution in [2.24, 2.45) is 10.7 Å². The van der Waals surface area contributed by atoms with Gasteiger partial charge in [-0.3, -0.25) is 4.90 Å². The Morgan fingerprint density at radius 3 is 2.35 bits per heavy atom. The lowest BCUT2D eigenvalue weighted by Crippen LogP contribution is -2.47. The minimum absolute atomic E-state index is 0.350. The smallest absolute Gasteiger partial charge is 0.189 e. The van der Waals surface area contributed by atoms with Gasteiger partial charge in [0, 0.05) is 31.6 Å². The lowest BCUT2D eigenvalue weighted by Gasteiger charge is -2.32. The highest BCUT2D eigenvalue weighted by atomic mass is 15.2. The first kappa shape index (κ1) is 17.1. The van der Waals surface area contributed by atoms with Crippen molar-refractivity contribution in [2.75, 3.05) is 13.1 Å². The van der Waals surface area contributed by atoms with Crippen molar-refractivity contribution >= 4 is 5.96 Å². The number of aliphatic imine (C=N–C) groups is 1. The molecule has 3 N–H and O–H groups in total. The van der Waals surface area contributed by atoms with E-state index >= 15 is 0 Å². The van der Waals surface area contributed by atoms with E-state index in [0.717, 1.165) is 38.9 Å². The van der Waals surface area contributed by atoms with Crippen LogP contribution in [0.15, 0.2) is 65.7 Å². The molecule has 2 unspecified atom stereocenters. The van der Waals surface area contributed by atoms with E-state index in [0.29, 0.717) is 24.0 Å². The van der Waals surface area contributed by atoms with Crippen LogP contribution in [0.3, 0.4) is 0 Å². The molecule has 4 nitrogen and oxygen atoms in total. The van der Waals surface area contributed by atoms with Crippen LogP contribution in [0, 0.1) is 0 Å². The van der Waals surface area contributed by atoms with E-state index in [2.05, 4.69) is 70.9 Å². The van der Waals surface area contributed by atoms with Crippen molar-refractivity contribution in [3.63, 3.8) is 0 Å². The molecule has 1 aliphatic carbocycles. The summed E-state index contributed by atoms with van der Waals surface area (Å²) in [5.74, 6) is 1.17. The van der Waals surface area contributed by atoms with Crippen molar-refractivity contribution in [2.45, 2.75) is 43.8 Å². The molecule has 2 fully saturated rings. The number of hydrogen-bond acceptors (Lipinski definition) is 2. The maximum atomic E-state index is 6.17. The van der Waals surface area contributed by atoms with Crippen LogP contribution in [0.1, 0.15) is 36.3 Å². The zero-order valence-electron chi connectivity index (χ0n) is 15.2. The maximum absolute atomic E-state index is 6.17. The molecule has 2 aromatic rings. The van der Waals surface area contributed by atoms with Gasteiger partial charge in [-0.2, -0.15) is 0 Å². The molecule has 1 saturated carbocycles. The van der Waals surface area contributed by atoms with Crippen LogP contribution in [0.4, 0.5) is 0 Å². The average Bonchev–Trinajstić information content (AvgIpc) is 3.44. The van der Waals surface area contributed by atoms with Crippen LogP contribution in [0.5, 0.6) is 0 Å². The lowest BCUT2D eigenvalue weighted by molar-refractivity contribution is 0.199. The van der Waals surface area contributed by atoms with Gasteiger partial charge in [-0.05, 0) is 30.4 Å². The number of piperidine rings is 1. The van der Waals surface area contributed by atoms with E-state index in [-0.39, 0.29) is 0 Å². The summed E-state index contributed by atoms with van der Waals surface area (Å²) >= 11 is 0. The van der Waals surface area contributed by atoms with E-state index < -0.39 is 0 Å². The van der Waals surface area contributed by atoms with Gasteiger partial charge in [0.25, 0.3) is 0 Å². The van der Waals surface area contributed by atoms with Gasteiger partial charge < -0.3 is 11.1 Å². The molecule has 2 atom stereocenters. The third-order valence-corrected chi connectivity index (χ3v) is 5.48. The van der Waals surface area contributed by atoms with Gasteiger partial charge in [0.1, 0.15) is 0 Å². The Labute approximate surface area is 156 Å². The topological polar surface area (TPSA) is 53.6 Å². The summed E-state index contributed by atoms with van der Waals surface area (Å²) in [6.45, 7) is 3.25. The van der Waals surface area contributed by atoms with Crippen molar-refractivity contribution in [1.29, 1.82) is 0 Å². The summed E-state index contributed by atoms with van der Waals surface area (Å²) in [6, 6.07) is 22.1. The summed E-state index contributed by atoms with van der Waals surface area (Å²) in [5, 5.41) is 3.45. The largest absolute Gasteiger partial charge is 0.370 e. The van der Waals surface area contributed by atoms with Gasteiger partial charge in [0.15, 0.2) is 5.96 Å². The summed E-state index contributed by atoms with van der Waals surface area (Å²) < 4.78 is 0. The van der Waals surface area contributed by atoms with Gasteiger partial charge in [-0.25, -0.2) is 4.99 Å². The molecular weight excluding hydrogens is 320 g/mol. The maximum Gasteiger partial charge on any atom is 0.189 e. The molecule has 0 spiro atoms. The van der Waals surface area contributed by atoms with Crippen LogP contribution >= 0.6 is 0 Å². The van der Waals surface area contributed by atoms with Crippen LogP contribution < -0.4 is 11.1 Å². The highest BCUT2D eigenvalue weighted by Crippen LogP contribution is 2.43. The molecule has 26 heavy (non-hydrogen) atoms. The molecule has 1 heterocycles. The lowest BCUT2D eigenvalue weighted by atomic mass is 10.0. The number of guanidine groups is 1. The normalized spacial score (nSPS) is 24.4. The molecular formula is C22H28N4. The second-order valence-electron chi connectivity index (χ2n) is 7.51. The fourth-order valence-electron chi connectivity index (χ4n) is 3.88. The van der Waals surface area contributed by atoms with Gasteiger partial charge in [0.05, 0.1) is 6.04 Å². The van der Waals surface area contributed by atoms with Crippen molar-refractivity contribution in [1.82, 2.24) is 10.2 Å². The Kier molecular flexibility index (Phi) is 5.21. The monoisotopic (exact) mass is 348 g/mol. The van der Waals surface area contributed by atoms with Crippen molar-refractivity contribution in [3.8, 4) is 0 Å². The molecule has 0 amide bonds. The molecule has 0 radical (unpaired) electrons. The predicted octanol–water partition coefficient (Wildman–Crippen LogP) is 3.11. The molecule has 4 heteroatoms. The number of hydrogen-bond donors (Lipinski definition) is 2. The van der Waals surface area contributed by atoms with Crippen LogP contribution in [-0.4, -0.2) is 36.0 Å². The zero-order valence-corrected chi connectivity index (χ0v) is 15.2. The fraction of sp³-hybridized carbons (Fsp3) is 0.409. The molecule has 2 aromatic carbocycles. The van der Waals surface area contributed by atoms with Crippen LogP contribution in [-0.2, 0) is 6.54 Å². The highest BCUT2D eigenvalue weighted by molar-refractivity contribution is 5.78. The zero-order chi connectivity index (χ0) is 17.8. The second kappa shape index (κ2) is 7.92. The molecule has 136 valence electrons. The summed E-state index contributed by atoms with van der Waals surface area (Å²) in [4.78, 5) is 7.22. The summed E-state index contributed by atoms with van der Waals surface area (Å²) in [6.07, 6.45) is 3.35. The van der Waals surface area contributed by atoms with E-state index in [1.54, 1.807) is 0 Å². The Morgan fingerprint density at radius 2 is 1.65 bits per heavy atom. The number of nitrogens with zero attached hydrogens (tertiary/aromatic N) is 2. The van der Waals surface area contributed by atoms with Gasteiger partial charge in [-0.1, -0.05) is 60.7 Å². The molecule has 4 rings (SSSR count). The Balaban J connectivity index is 1.22. The summed E-state index contributed by atoms with van der Waals surface area (Å²) in [7, 11) is 0. The Bertz CT molecular complexity index is 720.